The zero-order valence-electron chi connectivity index (χ0n) is 15.9. The Bertz CT molecular complexity index is 1090. The molecule has 4 rings (SSSR count). The highest BCUT2D eigenvalue weighted by atomic mass is 19.4. The van der Waals surface area contributed by atoms with Gasteiger partial charge in [-0.05, 0) is 30.3 Å². The zero-order valence-corrected chi connectivity index (χ0v) is 15.9. The fourth-order valence-electron chi connectivity index (χ4n) is 2.83. The van der Waals surface area contributed by atoms with Gasteiger partial charge >= 0.3 is 6.18 Å². The van der Waals surface area contributed by atoms with Gasteiger partial charge in [-0.1, -0.05) is 12.1 Å². The number of carbonyl (C=O) groups excluding carboxylic acids is 1. The summed E-state index contributed by atoms with van der Waals surface area (Å²) in [5.41, 5.74) is -0.315. The molecule has 3 aromatic rings. The lowest BCUT2D eigenvalue weighted by Gasteiger charge is -2.25. The summed E-state index contributed by atoms with van der Waals surface area (Å²) in [6, 6.07) is 10.1. The summed E-state index contributed by atoms with van der Waals surface area (Å²) in [6.45, 7) is 0.537. The minimum atomic E-state index is -4.59. The quantitative estimate of drug-likeness (QED) is 0.599. The number of nitrogens with zero attached hydrogens (tertiary/aromatic N) is 1. The van der Waals surface area contributed by atoms with E-state index in [0.29, 0.717) is 30.4 Å². The van der Waals surface area contributed by atoms with E-state index < -0.39 is 17.6 Å². The van der Waals surface area contributed by atoms with Gasteiger partial charge in [0.15, 0.2) is 0 Å². The van der Waals surface area contributed by atoms with Crippen LogP contribution in [0.2, 0.25) is 0 Å². The van der Waals surface area contributed by atoms with Crippen LogP contribution in [0, 0.1) is 5.82 Å². The van der Waals surface area contributed by atoms with Crippen LogP contribution in [0.1, 0.15) is 34.1 Å². The van der Waals surface area contributed by atoms with Gasteiger partial charge in [-0.3, -0.25) is 14.6 Å². The third kappa shape index (κ3) is 5.68. The minimum Gasteiger partial charge on any atom is -0.491 e. The lowest BCUT2D eigenvalue weighted by Crippen LogP contribution is -2.33. The first-order valence-corrected chi connectivity index (χ1v) is 9.15. The van der Waals surface area contributed by atoms with Gasteiger partial charge in [0, 0.05) is 24.9 Å². The molecule has 2 aromatic heterocycles. The molecular formula is C21H17F4N3O3. The fourth-order valence-corrected chi connectivity index (χ4v) is 2.83. The molecule has 0 bridgehead atoms. The SMILES string of the molecule is Fc1ccccc1C(F)(F)F.O=C(NC1CCOc2cccnc21)c1ccc(=O)[nH]c1. The minimum absolute atomic E-state index is 0.181. The van der Waals surface area contributed by atoms with E-state index >= 15 is 0 Å². The van der Waals surface area contributed by atoms with Crippen LogP contribution in [0.3, 0.4) is 0 Å². The van der Waals surface area contributed by atoms with E-state index in [9.17, 15) is 27.2 Å². The number of aromatic nitrogens is 2. The molecule has 162 valence electrons. The van der Waals surface area contributed by atoms with Crippen molar-refractivity contribution in [3.63, 3.8) is 0 Å². The molecule has 2 N–H and O–H groups in total. The molecule has 0 saturated heterocycles. The van der Waals surface area contributed by atoms with Gasteiger partial charge in [0.1, 0.15) is 17.3 Å². The molecule has 6 nitrogen and oxygen atoms in total. The van der Waals surface area contributed by atoms with Crippen molar-refractivity contribution in [3.05, 3.63) is 93.9 Å². The van der Waals surface area contributed by atoms with Crippen molar-refractivity contribution < 1.29 is 27.1 Å². The maximum atomic E-state index is 12.4. The number of hydrogen-bond acceptors (Lipinski definition) is 4. The average Bonchev–Trinajstić information content (AvgIpc) is 2.74. The standard InChI is InChI=1S/C14H13N3O3.C7H4F4/c18-12-4-3-9(8-16-12)14(19)17-10-5-7-20-11-2-1-6-15-13(10)11;8-6-4-2-1-3-5(6)7(9,10)11/h1-4,6,8,10H,5,7H2,(H,16,18)(H,17,19);1-4H. The third-order valence-electron chi connectivity index (χ3n) is 4.32. The largest absolute Gasteiger partial charge is 0.491 e. The second-order valence-corrected chi connectivity index (χ2v) is 6.47. The molecule has 10 heteroatoms. The van der Waals surface area contributed by atoms with Gasteiger partial charge in [0.2, 0.25) is 5.56 Å². The molecule has 1 aliphatic heterocycles. The average molecular weight is 435 g/mol. The maximum Gasteiger partial charge on any atom is 0.419 e. The van der Waals surface area contributed by atoms with Crippen LogP contribution >= 0.6 is 0 Å². The number of nitrogens with one attached hydrogen (secondary N) is 2. The van der Waals surface area contributed by atoms with Crippen LogP contribution in [-0.4, -0.2) is 22.5 Å². The Hall–Kier alpha value is -3.69. The number of hydrogen-bond donors (Lipinski definition) is 2. The van der Waals surface area contributed by atoms with Crippen molar-refractivity contribution in [1.82, 2.24) is 15.3 Å². The lowest BCUT2D eigenvalue weighted by molar-refractivity contribution is -0.140. The summed E-state index contributed by atoms with van der Waals surface area (Å²) in [6.07, 6.45) is -0.854. The first-order chi connectivity index (χ1) is 14.8. The Labute approximate surface area is 173 Å². The summed E-state index contributed by atoms with van der Waals surface area (Å²) in [5.74, 6) is -0.782. The zero-order chi connectivity index (χ0) is 22.4. The predicted molar refractivity (Wildman–Crippen MR) is 103 cm³/mol. The molecule has 31 heavy (non-hydrogen) atoms. The number of rotatable bonds is 2. The lowest BCUT2D eigenvalue weighted by atomic mass is 10.1. The highest BCUT2D eigenvalue weighted by molar-refractivity contribution is 5.94. The molecule has 1 unspecified atom stereocenters. The number of alkyl halides is 3. The molecule has 0 radical (unpaired) electrons. The van der Waals surface area contributed by atoms with E-state index in [1.165, 1.54) is 24.4 Å². The van der Waals surface area contributed by atoms with Crippen molar-refractivity contribution in [2.45, 2.75) is 18.6 Å². The van der Waals surface area contributed by atoms with Crippen LogP contribution in [0.15, 0.2) is 65.7 Å². The number of halogens is 4. The molecular weight excluding hydrogens is 418 g/mol. The topological polar surface area (TPSA) is 84.1 Å². The third-order valence-corrected chi connectivity index (χ3v) is 4.32. The highest BCUT2D eigenvalue weighted by Crippen LogP contribution is 2.31. The number of carbonyl (C=O) groups is 1. The van der Waals surface area contributed by atoms with Crippen molar-refractivity contribution in [1.29, 1.82) is 0 Å². The maximum absolute atomic E-state index is 12.4. The Morgan fingerprint density at radius 3 is 2.55 bits per heavy atom. The molecule has 1 aliphatic rings. The van der Waals surface area contributed by atoms with Crippen LogP contribution in [0.5, 0.6) is 5.75 Å². The van der Waals surface area contributed by atoms with Crippen molar-refractivity contribution in [3.8, 4) is 5.75 Å². The molecule has 0 saturated carbocycles. The first-order valence-electron chi connectivity index (χ1n) is 9.15. The van der Waals surface area contributed by atoms with E-state index in [2.05, 4.69) is 15.3 Å². The monoisotopic (exact) mass is 435 g/mol. The molecule has 0 fully saturated rings. The van der Waals surface area contributed by atoms with Crippen LogP contribution in [0.25, 0.3) is 0 Å². The summed E-state index contributed by atoms with van der Waals surface area (Å²) in [5, 5.41) is 2.91. The Morgan fingerprint density at radius 2 is 1.90 bits per heavy atom. The van der Waals surface area contributed by atoms with Gasteiger partial charge in [0.05, 0.1) is 23.8 Å². The predicted octanol–water partition coefficient (Wildman–Crippen LogP) is 3.87. The smallest absolute Gasteiger partial charge is 0.419 e. The van der Waals surface area contributed by atoms with E-state index in [-0.39, 0.29) is 17.5 Å². The van der Waals surface area contributed by atoms with Gasteiger partial charge in [-0.2, -0.15) is 13.2 Å². The van der Waals surface area contributed by atoms with Crippen LogP contribution in [0.4, 0.5) is 17.6 Å². The second kappa shape index (κ2) is 9.41. The van der Waals surface area contributed by atoms with Gasteiger partial charge < -0.3 is 15.0 Å². The number of H-pyrrole nitrogens is 1. The Balaban J connectivity index is 0.000000210. The summed E-state index contributed by atoms with van der Waals surface area (Å²) < 4.78 is 53.3. The number of ether oxygens (including phenoxy) is 1. The Morgan fingerprint density at radius 1 is 1.13 bits per heavy atom. The second-order valence-electron chi connectivity index (χ2n) is 6.47. The number of benzene rings is 1. The van der Waals surface area contributed by atoms with Crippen molar-refractivity contribution >= 4 is 5.91 Å². The van der Waals surface area contributed by atoms with Crippen LogP contribution in [-0.2, 0) is 6.18 Å². The van der Waals surface area contributed by atoms with Crippen LogP contribution < -0.4 is 15.6 Å². The van der Waals surface area contributed by atoms with Gasteiger partial charge in [-0.15, -0.1) is 0 Å². The molecule has 1 aromatic carbocycles. The number of amides is 1. The summed E-state index contributed by atoms with van der Waals surface area (Å²) >= 11 is 0. The van der Waals surface area contributed by atoms with E-state index in [4.69, 9.17) is 4.74 Å². The first kappa shape index (κ1) is 22.0. The van der Waals surface area contributed by atoms with Gasteiger partial charge in [0.25, 0.3) is 5.91 Å². The molecule has 1 atom stereocenters. The normalized spacial score (nSPS) is 15.0. The van der Waals surface area contributed by atoms with Crippen molar-refractivity contribution in [2.75, 3.05) is 6.61 Å². The number of pyridine rings is 2. The molecule has 3 heterocycles. The highest BCUT2D eigenvalue weighted by Gasteiger charge is 2.33. The van der Waals surface area contributed by atoms with E-state index in [1.807, 2.05) is 6.07 Å². The number of aromatic amines is 1. The van der Waals surface area contributed by atoms with Crippen molar-refractivity contribution in [2.24, 2.45) is 0 Å². The summed E-state index contributed by atoms with van der Waals surface area (Å²) in [7, 11) is 0. The molecule has 1 amide bonds. The Kier molecular flexibility index (Phi) is 6.68. The molecule has 0 aliphatic carbocycles. The van der Waals surface area contributed by atoms with Gasteiger partial charge in [-0.25, -0.2) is 4.39 Å². The fraction of sp³-hybridized carbons (Fsp3) is 0.190. The van der Waals surface area contributed by atoms with E-state index in [1.54, 1.807) is 12.3 Å². The van der Waals surface area contributed by atoms with E-state index in [0.717, 1.165) is 17.8 Å². The number of fused-ring (bicyclic) bond motifs is 1. The summed E-state index contributed by atoms with van der Waals surface area (Å²) in [4.78, 5) is 29.9. The molecule has 0 spiro atoms.